The minimum Gasteiger partial charge on any atom is -0.507 e. The SMILES string of the molecule is Cc1cc(C(O)=C2C(=O)C(=O)N(CCCN3CCOCC3)C2c2ccncc2)ccc1OC(C)C. The summed E-state index contributed by atoms with van der Waals surface area (Å²) in [7, 11) is 0. The Labute approximate surface area is 206 Å². The predicted molar refractivity (Wildman–Crippen MR) is 132 cm³/mol. The number of aliphatic hydroxyl groups excluding tert-OH is 1. The number of Topliss-reactive ketones (excluding diaryl/α,β-unsaturated/α-hetero) is 1. The monoisotopic (exact) mass is 479 g/mol. The Morgan fingerprint density at radius 1 is 1.14 bits per heavy atom. The first-order valence-electron chi connectivity index (χ1n) is 12.1. The van der Waals surface area contributed by atoms with Crippen LogP contribution in [-0.2, 0) is 14.3 Å². The molecule has 2 saturated heterocycles. The molecule has 2 aromatic rings. The molecule has 4 rings (SSSR count). The molecule has 0 bridgehead atoms. The first-order valence-corrected chi connectivity index (χ1v) is 12.1. The molecule has 2 fully saturated rings. The molecule has 1 aromatic heterocycles. The van der Waals surface area contributed by atoms with Gasteiger partial charge in [0, 0.05) is 44.1 Å². The molecular weight excluding hydrogens is 446 g/mol. The lowest BCUT2D eigenvalue weighted by Crippen LogP contribution is -2.38. The zero-order valence-electron chi connectivity index (χ0n) is 20.6. The maximum absolute atomic E-state index is 13.2. The molecule has 0 spiro atoms. The number of hydrogen-bond donors (Lipinski definition) is 1. The van der Waals surface area contributed by atoms with E-state index in [2.05, 4.69) is 9.88 Å². The van der Waals surface area contributed by atoms with Crippen molar-refractivity contribution in [1.29, 1.82) is 0 Å². The van der Waals surface area contributed by atoms with Crippen molar-refractivity contribution in [3.8, 4) is 5.75 Å². The number of pyridine rings is 1. The third-order valence-corrected chi connectivity index (χ3v) is 6.35. The summed E-state index contributed by atoms with van der Waals surface area (Å²) in [6, 6.07) is 8.17. The fourth-order valence-corrected chi connectivity index (χ4v) is 4.63. The van der Waals surface area contributed by atoms with Crippen LogP contribution in [0.4, 0.5) is 0 Å². The van der Waals surface area contributed by atoms with Gasteiger partial charge in [0.2, 0.25) is 0 Å². The summed E-state index contributed by atoms with van der Waals surface area (Å²) in [6.07, 6.45) is 3.99. The number of nitrogens with zero attached hydrogens (tertiary/aromatic N) is 3. The van der Waals surface area contributed by atoms with Gasteiger partial charge >= 0.3 is 0 Å². The van der Waals surface area contributed by atoms with Gasteiger partial charge in [0.05, 0.1) is 30.9 Å². The summed E-state index contributed by atoms with van der Waals surface area (Å²) in [5.74, 6) is -0.728. The lowest BCUT2D eigenvalue weighted by atomic mass is 9.95. The first-order chi connectivity index (χ1) is 16.9. The van der Waals surface area contributed by atoms with E-state index in [4.69, 9.17) is 9.47 Å². The molecule has 1 N–H and O–H groups in total. The third-order valence-electron chi connectivity index (χ3n) is 6.35. The molecule has 1 amide bonds. The summed E-state index contributed by atoms with van der Waals surface area (Å²) >= 11 is 0. The van der Waals surface area contributed by atoms with Crippen molar-refractivity contribution in [3.05, 3.63) is 65.0 Å². The number of rotatable bonds is 8. The molecular formula is C27H33N3O5. The maximum Gasteiger partial charge on any atom is 0.295 e. The van der Waals surface area contributed by atoms with Crippen LogP contribution in [0.2, 0.25) is 0 Å². The van der Waals surface area contributed by atoms with Crippen molar-refractivity contribution in [2.24, 2.45) is 0 Å². The highest BCUT2D eigenvalue weighted by Gasteiger charge is 2.45. The Morgan fingerprint density at radius 2 is 1.86 bits per heavy atom. The smallest absolute Gasteiger partial charge is 0.295 e. The van der Waals surface area contributed by atoms with Crippen molar-refractivity contribution in [2.45, 2.75) is 39.3 Å². The van der Waals surface area contributed by atoms with Gasteiger partial charge in [-0.3, -0.25) is 19.5 Å². The average Bonchev–Trinajstić information content (AvgIpc) is 3.11. The van der Waals surface area contributed by atoms with Gasteiger partial charge in [0.25, 0.3) is 11.7 Å². The molecule has 1 aromatic carbocycles. The Bertz CT molecular complexity index is 1090. The topological polar surface area (TPSA) is 92.2 Å². The number of carbonyl (C=O) groups excluding carboxylic acids is 2. The van der Waals surface area contributed by atoms with E-state index in [0.717, 1.165) is 37.2 Å². The van der Waals surface area contributed by atoms with E-state index in [1.54, 1.807) is 47.6 Å². The van der Waals surface area contributed by atoms with Crippen molar-refractivity contribution >= 4 is 17.4 Å². The summed E-state index contributed by atoms with van der Waals surface area (Å²) in [4.78, 5) is 34.3. The number of likely N-dealkylation sites (tertiary alicyclic amines) is 1. The number of ether oxygens (including phenoxy) is 2. The van der Waals surface area contributed by atoms with Crippen molar-refractivity contribution in [2.75, 3.05) is 39.4 Å². The van der Waals surface area contributed by atoms with Crippen LogP contribution >= 0.6 is 0 Å². The molecule has 2 aliphatic heterocycles. The highest BCUT2D eigenvalue weighted by atomic mass is 16.5. The molecule has 186 valence electrons. The Morgan fingerprint density at radius 3 is 2.51 bits per heavy atom. The Balaban J connectivity index is 1.65. The zero-order chi connectivity index (χ0) is 24.9. The van der Waals surface area contributed by atoms with E-state index in [1.165, 1.54) is 0 Å². The summed E-state index contributed by atoms with van der Waals surface area (Å²) in [5.41, 5.74) is 2.15. The van der Waals surface area contributed by atoms with Gasteiger partial charge in [0.1, 0.15) is 11.5 Å². The molecule has 35 heavy (non-hydrogen) atoms. The van der Waals surface area contributed by atoms with E-state index in [-0.39, 0.29) is 17.4 Å². The predicted octanol–water partition coefficient (Wildman–Crippen LogP) is 3.32. The van der Waals surface area contributed by atoms with E-state index in [0.29, 0.717) is 31.1 Å². The van der Waals surface area contributed by atoms with Crippen molar-refractivity contribution < 1.29 is 24.2 Å². The number of aryl methyl sites for hydroxylation is 1. The Kier molecular flexibility index (Phi) is 7.83. The molecule has 0 radical (unpaired) electrons. The number of hydrogen-bond acceptors (Lipinski definition) is 7. The fourth-order valence-electron chi connectivity index (χ4n) is 4.63. The standard InChI is InChI=1S/C27H33N3O5/c1-18(2)35-22-6-5-21(17-19(22)3)25(31)23-24(20-7-9-28-10-8-20)30(27(33)26(23)32)12-4-11-29-13-15-34-16-14-29/h5-10,17-18,24,31H,4,11-16H2,1-3H3. The van der Waals surface area contributed by atoms with E-state index in [9.17, 15) is 14.7 Å². The number of benzene rings is 1. The van der Waals surface area contributed by atoms with Crippen LogP contribution in [0.5, 0.6) is 5.75 Å². The van der Waals surface area contributed by atoms with Gasteiger partial charge in [-0.05, 0) is 68.7 Å². The first kappa shape index (κ1) is 24.9. The number of amides is 1. The molecule has 1 atom stereocenters. The van der Waals surface area contributed by atoms with Crippen LogP contribution < -0.4 is 4.74 Å². The van der Waals surface area contributed by atoms with Crippen LogP contribution in [0.25, 0.3) is 5.76 Å². The summed E-state index contributed by atoms with van der Waals surface area (Å²) < 4.78 is 11.2. The average molecular weight is 480 g/mol. The van der Waals surface area contributed by atoms with Gasteiger partial charge in [-0.25, -0.2) is 0 Å². The fraction of sp³-hybridized carbons (Fsp3) is 0.444. The van der Waals surface area contributed by atoms with E-state index in [1.807, 2.05) is 20.8 Å². The van der Waals surface area contributed by atoms with Crippen LogP contribution in [0.3, 0.4) is 0 Å². The number of aromatic nitrogens is 1. The normalized spacial score (nSPS) is 20.6. The molecule has 8 nitrogen and oxygen atoms in total. The minimum absolute atomic E-state index is 0.0163. The largest absolute Gasteiger partial charge is 0.507 e. The van der Waals surface area contributed by atoms with E-state index < -0.39 is 17.7 Å². The van der Waals surface area contributed by atoms with Crippen molar-refractivity contribution in [3.63, 3.8) is 0 Å². The molecule has 8 heteroatoms. The van der Waals surface area contributed by atoms with Crippen LogP contribution in [-0.4, -0.2) is 77.1 Å². The molecule has 1 unspecified atom stereocenters. The van der Waals surface area contributed by atoms with E-state index >= 15 is 0 Å². The number of carbonyl (C=O) groups is 2. The second-order valence-corrected chi connectivity index (χ2v) is 9.23. The molecule has 2 aliphatic rings. The van der Waals surface area contributed by atoms with Gasteiger partial charge in [0.15, 0.2) is 0 Å². The number of ketones is 1. The highest BCUT2D eigenvalue weighted by Crippen LogP contribution is 2.39. The molecule has 0 saturated carbocycles. The summed E-state index contributed by atoms with van der Waals surface area (Å²) in [5, 5.41) is 11.3. The van der Waals surface area contributed by atoms with Crippen LogP contribution in [0.1, 0.15) is 43.0 Å². The molecule has 0 aliphatic carbocycles. The van der Waals surface area contributed by atoms with Gasteiger partial charge in [-0.15, -0.1) is 0 Å². The number of aliphatic hydroxyl groups is 1. The zero-order valence-corrected chi connectivity index (χ0v) is 20.6. The minimum atomic E-state index is -0.672. The van der Waals surface area contributed by atoms with Gasteiger partial charge < -0.3 is 19.5 Å². The number of morpholine rings is 1. The highest BCUT2D eigenvalue weighted by molar-refractivity contribution is 6.46. The Hall–Kier alpha value is -3.23. The second kappa shape index (κ2) is 11.0. The quantitative estimate of drug-likeness (QED) is 0.353. The third kappa shape index (κ3) is 5.55. The lowest BCUT2D eigenvalue weighted by molar-refractivity contribution is -0.140. The molecule has 3 heterocycles. The lowest BCUT2D eigenvalue weighted by Gasteiger charge is -2.29. The van der Waals surface area contributed by atoms with Crippen LogP contribution in [0.15, 0.2) is 48.3 Å². The van der Waals surface area contributed by atoms with Crippen molar-refractivity contribution in [1.82, 2.24) is 14.8 Å². The maximum atomic E-state index is 13.2. The van der Waals surface area contributed by atoms with Crippen LogP contribution in [0, 0.1) is 6.92 Å². The second-order valence-electron chi connectivity index (χ2n) is 9.23. The van der Waals surface area contributed by atoms with Gasteiger partial charge in [-0.2, -0.15) is 0 Å². The summed E-state index contributed by atoms with van der Waals surface area (Å²) in [6.45, 7) is 10.1. The van der Waals surface area contributed by atoms with Gasteiger partial charge in [-0.1, -0.05) is 0 Å².